The maximum atomic E-state index is 11.4. The molecule has 0 atom stereocenters. The SMILES string of the molecule is CCc1c(C=O)cc(Cl)cc1N(CC)C1CCC(N)CC1.CNCc1c(C)cc(C)[nH]c1=O. The third-order valence-electron chi connectivity index (χ3n) is 6.39. The molecule has 1 aromatic heterocycles. The number of carbonyl (C=O) groups is 1. The van der Waals surface area contributed by atoms with Crippen molar-refractivity contribution in [3.8, 4) is 0 Å². The Morgan fingerprint density at radius 1 is 1.15 bits per heavy atom. The topological polar surface area (TPSA) is 91.2 Å². The number of aromatic nitrogens is 1. The van der Waals surface area contributed by atoms with E-state index in [2.05, 4.69) is 29.0 Å². The summed E-state index contributed by atoms with van der Waals surface area (Å²) in [5.74, 6) is 0. The normalized spacial score (nSPS) is 17.8. The number of nitrogens with one attached hydrogen (secondary N) is 2. The fraction of sp³-hybridized carbons (Fsp3) is 0.538. The summed E-state index contributed by atoms with van der Waals surface area (Å²) in [6.45, 7) is 9.64. The minimum Gasteiger partial charge on any atom is -0.369 e. The van der Waals surface area contributed by atoms with Crippen molar-refractivity contribution in [2.45, 2.75) is 78.4 Å². The van der Waals surface area contributed by atoms with E-state index in [1.807, 2.05) is 33.0 Å². The van der Waals surface area contributed by atoms with Gasteiger partial charge >= 0.3 is 0 Å². The summed E-state index contributed by atoms with van der Waals surface area (Å²) >= 11 is 6.22. The molecule has 1 fully saturated rings. The van der Waals surface area contributed by atoms with E-state index in [-0.39, 0.29) is 5.56 Å². The molecule has 0 unspecified atom stereocenters. The molecule has 0 aliphatic heterocycles. The number of nitrogens with two attached hydrogens (primary N) is 1. The zero-order chi connectivity index (χ0) is 24.5. The monoisotopic (exact) mass is 474 g/mol. The van der Waals surface area contributed by atoms with Gasteiger partial charge in [0.15, 0.2) is 0 Å². The fourth-order valence-corrected chi connectivity index (χ4v) is 4.93. The lowest BCUT2D eigenvalue weighted by Crippen LogP contribution is -2.41. The molecule has 4 N–H and O–H groups in total. The van der Waals surface area contributed by atoms with Crippen LogP contribution in [-0.4, -0.2) is 36.9 Å². The number of aromatic amines is 1. The Morgan fingerprint density at radius 2 is 1.82 bits per heavy atom. The Labute approximate surface area is 202 Å². The minimum absolute atomic E-state index is 0.0156. The lowest BCUT2D eigenvalue weighted by atomic mass is 9.89. The first-order valence-electron chi connectivity index (χ1n) is 11.9. The molecule has 33 heavy (non-hydrogen) atoms. The van der Waals surface area contributed by atoms with E-state index >= 15 is 0 Å². The highest BCUT2D eigenvalue weighted by Crippen LogP contribution is 2.33. The predicted octanol–water partition coefficient (Wildman–Crippen LogP) is 4.52. The lowest BCUT2D eigenvalue weighted by Gasteiger charge is -2.38. The van der Waals surface area contributed by atoms with E-state index in [0.717, 1.165) is 73.0 Å². The number of aldehydes is 1. The van der Waals surface area contributed by atoms with Crippen LogP contribution in [0.2, 0.25) is 5.02 Å². The molecular weight excluding hydrogens is 436 g/mol. The van der Waals surface area contributed by atoms with Crippen molar-refractivity contribution in [3.05, 3.63) is 61.5 Å². The van der Waals surface area contributed by atoms with Crippen LogP contribution < -0.4 is 21.5 Å². The first-order chi connectivity index (χ1) is 15.7. The number of carbonyl (C=O) groups excluding carboxylic acids is 1. The average Bonchev–Trinajstić information content (AvgIpc) is 2.78. The highest BCUT2D eigenvalue weighted by molar-refractivity contribution is 6.31. The first-order valence-corrected chi connectivity index (χ1v) is 12.3. The predicted molar refractivity (Wildman–Crippen MR) is 139 cm³/mol. The fourth-order valence-electron chi connectivity index (χ4n) is 4.71. The molecular formula is C26H39ClN4O2. The molecule has 7 heteroatoms. The van der Waals surface area contributed by atoms with Crippen molar-refractivity contribution in [3.63, 3.8) is 0 Å². The van der Waals surface area contributed by atoms with Crippen molar-refractivity contribution in [2.75, 3.05) is 18.5 Å². The van der Waals surface area contributed by atoms with Gasteiger partial charge in [0.2, 0.25) is 0 Å². The van der Waals surface area contributed by atoms with Crippen LogP contribution >= 0.6 is 11.6 Å². The van der Waals surface area contributed by atoms with Gasteiger partial charge in [0.05, 0.1) is 0 Å². The van der Waals surface area contributed by atoms with Crippen molar-refractivity contribution in [2.24, 2.45) is 5.73 Å². The number of aryl methyl sites for hydroxylation is 2. The van der Waals surface area contributed by atoms with Gasteiger partial charge in [0, 0.05) is 52.7 Å². The number of halogens is 1. The highest BCUT2D eigenvalue weighted by Gasteiger charge is 2.25. The van der Waals surface area contributed by atoms with Crippen LogP contribution in [0.1, 0.15) is 72.3 Å². The largest absolute Gasteiger partial charge is 0.369 e. The molecule has 1 heterocycles. The first kappa shape index (κ1) is 27.1. The van der Waals surface area contributed by atoms with Gasteiger partial charge < -0.3 is 20.9 Å². The standard InChI is InChI=1S/C17H25ClN2O.C9H14N2O/c1-3-16-12(11-21)9-13(18)10-17(16)20(4-2)15-7-5-14(19)6-8-15;1-6-4-7(2)11-9(12)8(6)5-10-3/h9-11,14-15H,3-8,19H2,1-2H3;4,10H,5H2,1-3H3,(H,11,12). The Bertz CT molecular complexity index is 981. The van der Waals surface area contributed by atoms with Gasteiger partial charge in [-0.2, -0.15) is 0 Å². The number of pyridine rings is 1. The third-order valence-corrected chi connectivity index (χ3v) is 6.60. The maximum absolute atomic E-state index is 11.4. The van der Waals surface area contributed by atoms with Crippen LogP contribution in [0.3, 0.4) is 0 Å². The molecule has 1 saturated carbocycles. The summed E-state index contributed by atoms with van der Waals surface area (Å²) in [6.07, 6.45) is 6.12. The second kappa shape index (κ2) is 12.9. The second-order valence-electron chi connectivity index (χ2n) is 8.79. The van der Waals surface area contributed by atoms with Crippen molar-refractivity contribution in [1.29, 1.82) is 0 Å². The van der Waals surface area contributed by atoms with E-state index in [4.69, 9.17) is 17.3 Å². The zero-order valence-electron chi connectivity index (χ0n) is 20.6. The molecule has 182 valence electrons. The van der Waals surface area contributed by atoms with Crippen molar-refractivity contribution >= 4 is 23.6 Å². The maximum Gasteiger partial charge on any atom is 0.252 e. The van der Waals surface area contributed by atoms with Gasteiger partial charge in [0.1, 0.15) is 6.29 Å². The number of rotatable bonds is 7. The number of benzene rings is 1. The van der Waals surface area contributed by atoms with Gasteiger partial charge in [-0.15, -0.1) is 0 Å². The van der Waals surface area contributed by atoms with Crippen LogP contribution in [0.15, 0.2) is 23.0 Å². The molecule has 1 aliphatic carbocycles. The van der Waals surface area contributed by atoms with Crippen molar-refractivity contribution in [1.82, 2.24) is 10.3 Å². The highest BCUT2D eigenvalue weighted by atomic mass is 35.5. The van der Waals surface area contributed by atoms with Gasteiger partial charge in [-0.1, -0.05) is 18.5 Å². The van der Waals surface area contributed by atoms with Gasteiger partial charge in [-0.25, -0.2) is 0 Å². The summed E-state index contributed by atoms with van der Waals surface area (Å²) in [4.78, 5) is 27.9. The van der Waals surface area contributed by atoms with E-state index in [1.165, 1.54) is 0 Å². The minimum atomic E-state index is 0.0156. The molecule has 1 aromatic carbocycles. The summed E-state index contributed by atoms with van der Waals surface area (Å²) < 4.78 is 0. The number of hydrogen-bond donors (Lipinski definition) is 3. The number of hydrogen-bond acceptors (Lipinski definition) is 5. The second-order valence-corrected chi connectivity index (χ2v) is 9.23. The smallest absolute Gasteiger partial charge is 0.252 e. The number of anilines is 1. The quantitative estimate of drug-likeness (QED) is 0.513. The molecule has 0 radical (unpaired) electrons. The van der Waals surface area contributed by atoms with E-state index < -0.39 is 0 Å². The Kier molecular flexibility index (Phi) is 10.6. The van der Waals surface area contributed by atoms with Crippen LogP contribution in [-0.2, 0) is 13.0 Å². The Balaban J connectivity index is 0.000000273. The number of nitrogens with zero attached hydrogens (tertiary/aromatic N) is 1. The van der Waals surface area contributed by atoms with Crippen LogP contribution in [0, 0.1) is 13.8 Å². The van der Waals surface area contributed by atoms with Gasteiger partial charge in [0.25, 0.3) is 5.56 Å². The number of H-pyrrole nitrogens is 1. The summed E-state index contributed by atoms with van der Waals surface area (Å²) in [6, 6.07) is 6.59. The zero-order valence-corrected chi connectivity index (χ0v) is 21.4. The summed E-state index contributed by atoms with van der Waals surface area (Å²) in [5.41, 5.74) is 11.8. The lowest BCUT2D eigenvalue weighted by molar-refractivity contribution is 0.112. The van der Waals surface area contributed by atoms with Gasteiger partial charge in [-0.3, -0.25) is 9.59 Å². The van der Waals surface area contributed by atoms with Crippen LogP contribution in [0.5, 0.6) is 0 Å². The van der Waals surface area contributed by atoms with E-state index in [0.29, 0.717) is 29.2 Å². The molecule has 0 saturated heterocycles. The third kappa shape index (κ3) is 7.16. The summed E-state index contributed by atoms with van der Waals surface area (Å²) in [5, 5.41) is 3.60. The average molecular weight is 475 g/mol. The molecule has 0 amide bonds. The van der Waals surface area contributed by atoms with Crippen molar-refractivity contribution < 1.29 is 4.79 Å². The van der Waals surface area contributed by atoms with Crippen LogP contribution in [0.25, 0.3) is 0 Å². The van der Waals surface area contributed by atoms with E-state index in [9.17, 15) is 9.59 Å². The molecule has 3 rings (SSSR count). The molecule has 6 nitrogen and oxygen atoms in total. The molecule has 1 aliphatic rings. The van der Waals surface area contributed by atoms with E-state index in [1.54, 1.807) is 6.07 Å². The van der Waals surface area contributed by atoms with Crippen LogP contribution in [0.4, 0.5) is 5.69 Å². The molecule has 2 aromatic rings. The Morgan fingerprint density at radius 3 is 2.33 bits per heavy atom. The van der Waals surface area contributed by atoms with Gasteiger partial charge in [-0.05, 0) is 89.2 Å². The molecule has 0 bridgehead atoms. The molecule has 0 spiro atoms. The summed E-state index contributed by atoms with van der Waals surface area (Å²) in [7, 11) is 1.83. The Hall–Kier alpha value is -2.15.